The quantitative estimate of drug-likeness (QED) is 0.101. The monoisotopic (exact) mass is 468 g/mol. The molecule has 0 unspecified atom stereocenters. The molecule has 0 saturated heterocycles. The first kappa shape index (κ1) is 24.0. The smallest absolute Gasteiger partial charge is 0.335 e. The number of hydrogen-bond donors (Lipinski definition) is 1. The molecule has 0 radical (unpaired) electrons. The number of carbonyl (C=O) groups excluding carboxylic acids is 1. The molecule has 0 aliphatic rings. The first-order valence-electron chi connectivity index (χ1n) is 11.5. The summed E-state index contributed by atoms with van der Waals surface area (Å²) in [5.41, 5.74) is 5.92. The Morgan fingerprint density at radius 3 is 2.54 bits per heavy atom. The average molecular weight is 469 g/mol. The molecule has 3 aromatic carbocycles. The fourth-order valence-corrected chi connectivity index (χ4v) is 4.02. The lowest BCUT2D eigenvalue weighted by molar-refractivity contribution is -0.128. The van der Waals surface area contributed by atoms with Crippen molar-refractivity contribution in [3.8, 4) is 11.5 Å². The summed E-state index contributed by atoms with van der Waals surface area (Å²) < 4.78 is 16.4. The zero-order chi connectivity index (χ0) is 24.6. The maximum atomic E-state index is 12.1. The molecule has 6 heteroatoms. The van der Waals surface area contributed by atoms with E-state index >= 15 is 0 Å². The molecular formula is C29H28N2O4. The summed E-state index contributed by atoms with van der Waals surface area (Å²) in [5.74, 6) is 0.755. The van der Waals surface area contributed by atoms with E-state index in [1.807, 2.05) is 36.4 Å². The molecular weight excluding hydrogens is 440 g/mol. The molecule has 4 rings (SSSR count). The lowest BCUT2D eigenvalue weighted by atomic mass is 9.87. The summed E-state index contributed by atoms with van der Waals surface area (Å²) in [6.07, 6.45) is 3.73. The van der Waals surface area contributed by atoms with E-state index in [9.17, 15) is 4.79 Å². The van der Waals surface area contributed by atoms with Gasteiger partial charge in [0.2, 0.25) is 0 Å². The van der Waals surface area contributed by atoms with Crippen LogP contribution in [0.3, 0.4) is 0 Å². The highest BCUT2D eigenvalue weighted by Gasteiger charge is 2.18. The van der Waals surface area contributed by atoms with Crippen LogP contribution in [-0.2, 0) is 9.53 Å². The average Bonchev–Trinajstić information content (AvgIpc) is 3.36. The van der Waals surface area contributed by atoms with Gasteiger partial charge >= 0.3 is 5.97 Å². The van der Waals surface area contributed by atoms with Crippen molar-refractivity contribution >= 4 is 28.0 Å². The largest absolute Gasteiger partial charge is 0.491 e. The highest BCUT2D eigenvalue weighted by atomic mass is 16.5. The zero-order valence-electron chi connectivity index (χ0n) is 19.9. The number of hydrogen-bond acceptors (Lipinski definition) is 5. The van der Waals surface area contributed by atoms with Gasteiger partial charge in [-0.2, -0.15) is 5.10 Å². The van der Waals surface area contributed by atoms with Crippen molar-refractivity contribution < 1.29 is 19.0 Å². The number of para-hydroxylation sites is 1. The molecule has 35 heavy (non-hydrogen) atoms. The summed E-state index contributed by atoms with van der Waals surface area (Å²) in [4.78, 5) is 12.1. The Morgan fingerprint density at radius 1 is 1.03 bits per heavy atom. The Bertz CT molecular complexity index is 1350. The van der Waals surface area contributed by atoms with Gasteiger partial charge in [0.25, 0.3) is 0 Å². The number of ether oxygens (including phenoxy) is 3. The minimum absolute atomic E-state index is 0.477. The molecule has 0 fully saturated rings. The number of nitrogens with zero attached hydrogens (tertiary/aromatic N) is 1. The lowest BCUT2D eigenvalue weighted by Gasteiger charge is -2.19. The SMILES string of the molecule is C=CC(=O)Oc1ccccc1/C(=C(\CC)c1ccc(OCCOC)cc1)c1ccc2[nH]ncc2c1. The number of fused-ring (bicyclic) bond motifs is 1. The number of esters is 1. The van der Waals surface area contributed by atoms with Crippen molar-refractivity contribution in [1.82, 2.24) is 10.2 Å². The van der Waals surface area contributed by atoms with Gasteiger partial charge in [0.1, 0.15) is 18.1 Å². The van der Waals surface area contributed by atoms with Crippen LogP contribution in [0.2, 0.25) is 0 Å². The first-order valence-corrected chi connectivity index (χ1v) is 11.5. The third-order valence-electron chi connectivity index (χ3n) is 5.68. The minimum atomic E-state index is -0.502. The second-order valence-corrected chi connectivity index (χ2v) is 7.87. The van der Waals surface area contributed by atoms with Crippen LogP contribution < -0.4 is 9.47 Å². The zero-order valence-corrected chi connectivity index (χ0v) is 19.9. The maximum absolute atomic E-state index is 12.1. The van der Waals surface area contributed by atoms with Gasteiger partial charge in [-0.3, -0.25) is 5.10 Å². The van der Waals surface area contributed by atoms with Crippen molar-refractivity contribution in [1.29, 1.82) is 0 Å². The van der Waals surface area contributed by atoms with Crippen LogP contribution in [0.4, 0.5) is 0 Å². The standard InChI is InChI=1S/C29H28N2O4/c1-4-24(20-10-13-23(14-11-20)34-17-16-33-3)29(21-12-15-26-22(18-21)19-30-31-26)25-8-6-7-9-27(25)35-28(32)5-2/h5-15,18-19H,2,4,16-17H2,1,3H3,(H,30,31)/b29-24+. The van der Waals surface area contributed by atoms with Crippen LogP contribution in [0.1, 0.15) is 30.0 Å². The number of aromatic amines is 1. The van der Waals surface area contributed by atoms with Gasteiger partial charge < -0.3 is 14.2 Å². The second kappa shape index (κ2) is 11.3. The highest BCUT2D eigenvalue weighted by molar-refractivity contribution is 6.02. The molecule has 0 spiro atoms. The van der Waals surface area contributed by atoms with Crippen molar-refractivity contribution in [3.05, 3.63) is 102 Å². The van der Waals surface area contributed by atoms with Crippen LogP contribution in [0.5, 0.6) is 11.5 Å². The van der Waals surface area contributed by atoms with Crippen molar-refractivity contribution in [2.24, 2.45) is 0 Å². The molecule has 178 valence electrons. The second-order valence-electron chi connectivity index (χ2n) is 7.87. The van der Waals surface area contributed by atoms with Gasteiger partial charge in [-0.15, -0.1) is 0 Å². The van der Waals surface area contributed by atoms with E-state index in [1.54, 1.807) is 19.4 Å². The summed E-state index contributed by atoms with van der Waals surface area (Å²) in [6, 6.07) is 21.7. The summed E-state index contributed by atoms with van der Waals surface area (Å²) in [6.45, 7) is 6.67. The maximum Gasteiger partial charge on any atom is 0.335 e. The van der Waals surface area contributed by atoms with Gasteiger partial charge in [-0.25, -0.2) is 4.79 Å². The minimum Gasteiger partial charge on any atom is -0.491 e. The molecule has 0 atom stereocenters. The van der Waals surface area contributed by atoms with Crippen LogP contribution in [-0.4, -0.2) is 36.5 Å². The van der Waals surface area contributed by atoms with Gasteiger partial charge in [-0.1, -0.05) is 49.9 Å². The Balaban J connectivity index is 1.88. The molecule has 0 saturated carbocycles. The number of H-pyrrole nitrogens is 1. The molecule has 1 heterocycles. The number of allylic oxidation sites excluding steroid dienone is 1. The van der Waals surface area contributed by atoms with Crippen molar-refractivity contribution in [3.63, 3.8) is 0 Å². The Labute approximate surface area is 204 Å². The normalized spacial score (nSPS) is 11.7. The van der Waals surface area contributed by atoms with Gasteiger partial charge in [0.15, 0.2) is 0 Å². The van der Waals surface area contributed by atoms with E-state index in [-0.39, 0.29) is 0 Å². The van der Waals surface area contributed by atoms with Gasteiger partial charge in [0.05, 0.1) is 18.3 Å². The summed E-state index contributed by atoms with van der Waals surface area (Å²) in [7, 11) is 1.65. The third kappa shape index (κ3) is 5.50. The van der Waals surface area contributed by atoms with E-state index in [2.05, 4.69) is 48.0 Å². The van der Waals surface area contributed by atoms with Crippen LogP contribution in [0.25, 0.3) is 22.0 Å². The lowest BCUT2D eigenvalue weighted by Crippen LogP contribution is -2.06. The Hall–Kier alpha value is -4.16. The molecule has 6 nitrogen and oxygen atoms in total. The molecule has 1 N–H and O–H groups in total. The topological polar surface area (TPSA) is 73.4 Å². The molecule has 4 aromatic rings. The predicted octanol–water partition coefficient (Wildman–Crippen LogP) is 6.05. The van der Waals surface area contributed by atoms with Crippen molar-refractivity contribution in [2.45, 2.75) is 13.3 Å². The molecule has 0 aliphatic carbocycles. The number of carbonyl (C=O) groups is 1. The number of nitrogens with one attached hydrogen (secondary N) is 1. The van der Waals surface area contributed by atoms with E-state index in [0.717, 1.165) is 50.9 Å². The van der Waals surface area contributed by atoms with Crippen molar-refractivity contribution in [2.75, 3.05) is 20.3 Å². The molecule has 0 aliphatic heterocycles. The number of methoxy groups -OCH3 is 1. The van der Waals surface area contributed by atoms with Gasteiger partial charge in [-0.05, 0) is 59.0 Å². The van der Waals surface area contributed by atoms with Crippen LogP contribution >= 0.6 is 0 Å². The van der Waals surface area contributed by atoms with Crippen LogP contribution in [0.15, 0.2) is 85.6 Å². The highest BCUT2D eigenvalue weighted by Crippen LogP contribution is 2.39. The van der Waals surface area contributed by atoms with Gasteiger partial charge in [0, 0.05) is 24.1 Å². The fraction of sp³-hybridized carbons (Fsp3) is 0.172. The van der Waals surface area contributed by atoms with E-state index in [1.165, 1.54) is 6.08 Å². The number of aromatic nitrogens is 2. The van der Waals surface area contributed by atoms with E-state index in [0.29, 0.717) is 19.0 Å². The summed E-state index contributed by atoms with van der Waals surface area (Å²) >= 11 is 0. The molecule has 1 aromatic heterocycles. The third-order valence-corrected chi connectivity index (χ3v) is 5.68. The first-order chi connectivity index (χ1) is 17.1. The number of rotatable bonds is 10. The molecule has 0 bridgehead atoms. The van der Waals surface area contributed by atoms with Crippen LogP contribution in [0, 0.1) is 0 Å². The Morgan fingerprint density at radius 2 is 1.80 bits per heavy atom. The predicted molar refractivity (Wildman–Crippen MR) is 138 cm³/mol. The molecule has 0 amide bonds. The fourth-order valence-electron chi connectivity index (χ4n) is 4.02. The Kier molecular flexibility index (Phi) is 7.75. The van der Waals surface area contributed by atoms with E-state index < -0.39 is 5.97 Å². The summed E-state index contributed by atoms with van der Waals surface area (Å²) in [5, 5.41) is 8.16. The van der Waals surface area contributed by atoms with E-state index in [4.69, 9.17) is 14.2 Å². The number of benzene rings is 3.